The first-order chi connectivity index (χ1) is 8.50. The summed E-state index contributed by atoms with van der Waals surface area (Å²) in [5.41, 5.74) is 1.47. The number of aromatic amines is 1. The number of benzene rings is 1. The molecular weight excluding hydrogens is 321 g/mol. The number of imidazole rings is 1. The molecule has 0 fully saturated rings. The SMILES string of the molecule is Cn1c(=O)[nH]c2c3c(S)c(Br)c(F)cc3ncc21. The van der Waals surface area contributed by atoms with Gasteiger partial charge in [0.2, 0.25) is 0 Å². The van der Waals surface area contributed by atoms with Gasteiger partial charge in [0, 0.05) is 23.4 Å². The molecule has 1 N–H and O–H groups in total. The number of H-pyrrole nitrogens is 1. The van der Waals surface area contributed by atoms with Gasteiger partial charge in [-0.2, -0.15) is 0 Å². The first-order valence-corrected chi connectivity index (χ1v) is 6.29. The molecule has 0 saturated heterocycles. The van der Waals surface area contributed by atoms with Crippen LogP contribution in [0.15, 0.2) is 26.4 Å². The van der Waals surface area contributed by atoms with Crippen molar-refractivity contribution in [2.75, 3.05) is 0 Å². The number of hydrogen-bond acceptors (Lipinski definition) is 3. The summed E-state index contributed by atoms with van der Waals surface area (Å²) in [6, 6.07) is 1.31. The second-order valence-corrected chi connectivity index (χ2v) is 5.16. The fourth-order valence-electron chi connectivity index (χ4n) is 1.95. The third-order valence-electron chi connectivity index (χ3n) is 2.90. The number of nitrogens with one attached hydrogen (secondary N) is 1. The monoisotopic (exact) mass is 327 g/mol. The molecule has 7 heteroatoms. The van der Waals surface area contributed by atoms with Crippen LogP contribution in [0.1, 0.15) is 0 Å². The van der Waals surface area contributed by atoms with Crippen LogP contribution in [0, 0.1) is 5.82 Å². The minimum atomic E-state index is -0.433. The van der Waals surface area contributed by atoms with E-state index in [4.69, 9.17) is 0 Å². The largest absolute Gasteiger partial charge is 0.326 e. The molecule has 3 rings (SSSR count). The third-order valence-corrected chi connectivity index (χ3v) is 4.43. The minimum absolute atomic E-state index is 0.243. The minimum Gasteiger partial charge on any atom is -0.305 e. The van der Waals surface area contributed by atoms with Crippen molar-refractivity contribution >= 4 is 50.5 Å². The first-order valence-electron chi connectivity index (χ1n) is 5.05. The number of thiol groups is 1. The number of aryl methyl sites for hydroxylation is 1. The Kier molecular flexibility index (Phi) is 2.49. The number of rotatable bonds is 0. The van der Waals surface area contributed by atoms with Crippen LogP contribution < -0.4 is 5.69 Å². The molecule has 0 spiro atoms. The third kappa shape index (κ3) is 1.44. The zero-order valence-electron chi connectivity index (χ0n) is 9.16. The Hall–Kier alpha value is -1.34. The van der Waals surface area contributed by atoms with Crippen LogP contribution in [0.3, 0.4) is 0 Å². The maximum absolute atomic E-state index is 13.6. The van der Waals surface area contributed by atoms with Crippen LogP contribution in [-0.4, -0.2) is 14.5 Å². The van der Waals surface area contributed by atoms with Gasteiger partial charge in [-0.15, -0.1) is 12.6 Å². The summed E-state index contributed by atoms with van der Waals surface area (Å²) in [6.07, 6.45) is 1.54. The van der Waals surface area contributed by atoms with E-state index < -0.39 is 5.82 Å². The van der Waals surface area contributed by atoms with Gasteiger partial charge in [-0.1, -0.05) is 0 Å². The molecule has 1 aromatic carbocycles. The van der Waals surface area contributed by atoms with E-state index in [1.54, 1.807) is 7.05 Å². The topological polar surface area (TPSA) is 50.7 Å². The number of nitrogens with zero attached hydrogens (tertiary/aromatic N) is 2. The van der Waals surface area contributed by atoms with Crippen molar-refractivity contribution in [1.82, 2.24) is 14.5 Å². The Morgan fingerprint density at radius 2 is 2.28 bits per heavy atom. The van der Waals surface area contributed by atoms with Crippen LogP contribution >= 0.6 is 28.6 Å². The van der Waals surface area contributed by atoms with E-state index in [0.29, 0.717) is 26.8 Å². The first kappa shape index (κ1) is 11.7. The van der Waals surface area contributed by atoms with Crippen LogP contribution in [0.25, 0.3) is 21.9 Å². The summed E-state index contributed by atoms with van der Waals surface area (Å²) in [5, 5.41) is 0.627. The molecule has 0 bridgehead atoms. The number of halogens is 2. The highest BCUT2D eigenvalue weighted by molar-refractivity contribution is 9.10. The van der Waals surface area contributed by atoms with E-state index in [2.05, 4.69) is 38.5 Å². The van der Waals surface area contributed by atoms with Crippen molar-refractivity contribution in [3.05, 3.63) is 33.0 Å². The smallest absolute Gasteiger partial charge is 0.305 e. The zero-order valence-corrected chi connectivity index (χ0v) is 11.6. The standard InChI is InChI=1S/C11H7BrFN3OS/c1-16-6-3-14-5-2-4(13)8(12)10(18)7(5)9(6)15-11(16)17/h2-3,18H,1H3,(H,15,17). The van der Waals surface area contributed by atoms with Crippen LogP contribution in [-0.2, 0) is 7.05 Å². The van der Waals surface area contributed by atoms with Crippen LogP contribution in [0.5, 0.6) is 0 Å². The van der Waals surface area contributed by atoms with Gasteiger partial charge < -0.3 is 4.98 Å². The number of aromatic nitrogens is 3. The Morgan fingerprint density at radius 3 is 3.00 bits per heavy atom. The Morgan fingerprint density at radius 1 is 1.56 bits per heavy atom. The highest BCUT2D eigenvalue weighted by Crippen LogP contribution is 2.34. The van der Waals surface area contributed by atoms with Crippen molar-refractivity contribution in [3.63, 3.8) is 0 Å². The van der Waals surface area contributed by atoms with E-state index in [0.717, 1.165) is 0 Å². The number of pyridine rings is 1. The zero-order chi connectivity index (χ0) is 13.0. The summed E-state index contributed by atoms with van der Waals surface area (Å²) in [7, 11) is 1.64. The second kappa shape index (κ2) is 3.83. The molecule has 0 aliphatic carbocycles. The van der Waals surface area contributed by atoms with Gasteiger partial charge in [-0.3, -0.25) is 9.55 Å². The highest BCUT2D eigenvalue weighted by atomic mass is 79.9. The normalized spacial score (nSPS) is 11.6. The molecule has 0 saturated carbocycles. The average Bonchev–Trinajstić information content (AvgIpc) is 2.62. The van der Waals surface area contributed by atoms with Gasteiger partial charge in [0.15, 0.2) is 0 Å². The number of hydrogen-bond donors (Lipinski definition) is 2. The van der Waals surface area contributed by atoms with E-state index in [1.807, 2.05) is 0 Å². The molecule has 0 amide bonds. The molecule has 0 aliphatic heterocycles. The molecule has 4 nitrogen and oxygen atoms in total. The van der Waals surface area contributed by atoms with Gasteiger partial charge in [0.25, 0.3) is 0 Å². The van der Waals surface area contributed by atoms with E-state index >= 15 is 0 Å². The predicted octanol–water partition coefficient (Wildman–Crippen LogP) is 2.61. The molecule has 0 radical (unpaired) electrons. The van der Waals surface area contributed by atoms with Crippen molar-refractivity contribution in [2.45, 2.75) is 4.90 Å². The lowest BCUT2D eigenvalue weighted by atomic mass is 10.2. The average molecular weight is 328 g/mol. The van der Waals surface area contributed by atoms with Gasteiger partial charge in [0.1, 0.15) is 5.82 Å². The maximum atomic E-state index is 13.6. The molecular formula is C11H7BrFN3OS. The summed E-state index contributed by atoms with van der Waals surface area (Å²) in [4.78, 5) is 18.9. The highest BCUT2D eigenvalue weighted by Gasteiger charge is 2.15. The Balaban J connectivity index is 2.66. The quantitative estimate of drug-likeness (QED) is 0.623. The van der Waals surface area contributed by atoms with Crippen molar-refractivity contribution in [3.8, 4) is 0 Å². The lowest BCUT2D eigenvalue weighted by Crippen LogP contribution is -2.11. The molecule has 2 heterocycles. The van der Waals surface area contributed by atoms with Gasteiger partial charge in [-0.25, -0.2) is 9.18 Å². The molecule has 0 atom stereocenters. The summed E-state index contributed by atoms with van der Waals surface area (Å²) in [6.45, 7) is 0. The van der Waals surface area contributed by atoms with Crippen LogP contribution in [0.4, 0.5) is 4.39 Å². The predicted molar refractivity (Wildman–Crippen MR) is 73.8 cm³/mol. The Labute approximate surface area is 114 Å². The number of fused-ring (bicyclic) bond motifs is 3. The van der Waals surface area contributed by atoms with Gasteiger partial charge in [0.05, 0.1) is 27.2 Å². The molecule has 92 valence electrons. The maximum Gasteiger partial charge on any atom is 0.326 e. The summed E-state index contributed by atoms with van der Waals surface area (Å²) >= 11 is 7.43. The van der Waals surface area contributed by atoms with Gasteiger partial charge in [-0.05, 0) is 15.9 Å². The van der Waals surface area contributed by atoms with Crippen LogP contribution in [0.2, 0.25) is 0 Å². The summed E-state index contributed by atoms with van der Waals surface area (Å²) in [5.74, 6) is -0.433. The fraction of sp³-hybridized carbons (Fsp3) is 0.0909. The van der Waals surface area contributed by atoms with E-state index in [9.17, 15) is 9.18 Å². The van der Waals surface area contributed by atoms with Crippen molar-refractivity contribution in [2.24, 2.45) is 7.05 Å². The molecule has 0 unspecified atom stereocenters. The Bertz CT molecular complexity index is 855. The second-order valence-electron chi connectivity index (χ2n) is 3.92. The van der Waals surface area contributed by atoms with Crippen molar-refractivity contribution < 1.29 is 4.39 Å². The lowest BCUT2D eigenvalue weighted by Gasteiger charge is -2.05. The molecule has 3 aromatic rings. The molecule has 0 aliphatic rings. The van der Waals surface area contributed by atoms with E-state index in [-0.39, 0.29) is 10.2 Å². The van der Waals surface area contributed by atoms with Gasteiger partial charge >= 0.3 is 5.69 Å². The molecule has 2 aromatic heterocycles. The van der Waals surface area contributed by atoms with Crippen molar-refractivity contribution in [1.29, 1.82) is 0 Å². The molecule has 18 heavy (non-hydrogen) atoms. The fourth-order valence-corrected chi connectivity index (χ4v) is 2.60. The lowest BCUT2D eigenvalue weighted by molar-refractivity contribution is 0.619. The van der Waals surface area contributed by atoms with E-state index in [1.165, 1.54) is 16.8 Å². The summed E-state index contributed by atoms with van der Waals surface area (Å²) < 4.78 is 15.3.